The van der Waals surface area contributed by atoms with Gasteiger partial charge in [-0.15, -0.1) is 0 Å². The van der Waals surface area contributed by atoms with Crippen molar-refractivity contribution in [3.8, 4) is 0 Å². The van der Waals surface area contributed by atoms with Crippen molar-refractivity contribution in [1.29, 1.82) is 0 Å². The summed E-state index contributed by atoms with van der Waals surface area (Å²) in [7, 11) is 0. The molecule has 1 heterocycles. The Morgan fingerprint density at radius 3 is 2.29 bits per heavy atom. The number of amides is 3. The van der Waals surface area contributed by atoms with E-state index in [0.29, 0.717) is 13.1 Å². The number of hydrogen-bond donors (Lipinski definition) is 2. The van der Waals surface area contributed by atoms with Gasteiger partial charge in [-0.3, -0.25) is 14.6 Å². The average Bonchev–Trinajstić information content (AvgIpc) is 2.43. The lowest BCUT2D eigenvalue weighted by Gasteiger charge is -2.28. The molecule has 0 saturated heterocycles. The van der Waals surface area contributed by atoms with E-state index in [1.165, 1.54) is 4.90 Å². The minimum atomic E-state index is -1.20. The average molecular weight is 294 g/mol. The Kier molecular flexibility index (Phi) is 6.12. The molecule has 0 aliphatic heterocycles. The Labute approximate surface area is 122 Å². The number of aromatic nitrogens is 1. The Morgan fingerprint density at radius 2 is 1.81 bits per heavy atom. The van der Waals surface area contributed by atoms with Crippen LogP contribution in [-0.4, -0.2) is 57.4 Å². The molecule has 0 bridgehead atoms. The molecule has 0 aliphatic carbocycles. The molecule has 0 fully saturated rings. The summed E-state index contributed by atoms with van der Waals surface area (Å²) >= 11 is 0. The lowest BCUT2D eigenvalue weighted by atomic mass is 10.2. The second-order valence-electron chi connectivity index (χ2n) is 4.37. The molecular formula is C13H18N4O4. The first-order valence-corrected chi connectivity index (χ1v) is 6.36. The summed E-state index contributed by atoms with van der Waals surface area (Å²) in [4.78, 5) is 40.3. The van der Waals surface area contributed by atoms with Crippen LogP contribution in [0.25, 0.3) is 0 Å². The van der Waals surface area contributed by atoms with Crippen LogP contribution in [0.5, 0.6) is 0 Å². The van der Waals surface area contributed by atoms with E-state index in [1.54, 1.807) is 31.5 Å². The lowest BCUT2D eigenvalue weighted by Crippen LogP contribution is -2.48. The highest BCUT2D eigenvalue weighted by molar-refractivity contribution is 5.85. The fraction of sp³-hybridized carbons (Fsp3) is 0.385. The normalized spacial score (nSPS) is 9.95. The van der Waals surface area contributed by atoms with Gasteiger partial charge in [-0.25, -0.2) is 4.79 Å². The van der Waals surface area contributed by atoms with Gasteiger partial charge in [-0.05, 0) is 24.6 Å². The predicted octanol–water partition coefficient (Wildman–Crippen LogP) is -0.105. The zero-order valence-corrected chi connectivity index (χ0v) is 11.7. The number of primary amides is 1. The number of hydrogen-bond acceptors (Lipinski definition) is 4. The van der Waals surface area contributed by atoms with Crippen molar-refractivity contribution < 1.29 is 19.5 Å². The molecule has 1 rings (SSSR count). The molecule has 1 aromatic rings. The van der Waals surface area contributed by atoms with Gasteiger partial charge >= 0.3 is 12.0 Å². The van der Waals surface area contributed by atoms with Crippen LogP contribution in [0.3, 0.4) is 0 Å². The topological polar surface area (TPSA) is 117 Å². The van der Waals surface area contributed by atoms with Gasteiger partial charge < -0.3 is 20.6 Å². The molecule has 0 spiro atoms. The number of pyridine rings is 1. The molecule has 0 aliphatic rings. The number of carbonyl (C=O) groups excluding carboxylic acids is 2. The van der Waals surface area contributed by atoms with Crippen LogP contribution in [0, 0.1) is 0 Å². The molecule has 3 amide bonds. The molecule has 114 valence electrons. The van der Waals surface area contributed by atoms with Gasteiger partial charge in [0.25, 0.3) is 0 Å². The number of urea groups is 1. The number of carbonyl (C=O) groups is 3. The van der Waals surface area contributed by atoms with E-state index in [-0.39, 0.29) is 0 Å². The fourth-order valence-corrected chi connectivity index (χ4v) is 1.77. The number of carboxylic acid groups (broad SMARTS) is 1. The Balaban J connectivity index is 2.82. The third-order valence-electron chi connectivity index (χ3n) is 2.72. The third kappa shape index (κ3) is 5.47. The summed E-state index contributed by atoms with van der Waals surface area (Å²) in [5.74, 6) is -1.96. The van der Waals surface area contributed by atoms with Crippen LogP contribution in [-0.2, 0) is 16.1 Å². The van der Waals surface area contributed by atoms with Crippen molar-refractivity contribution in [1.82, 2.24) is 14.8 Å². The molecule has 3 N–H and O–H groups in total. The number of carboxylic acids is 1. The van der Waals surface area contributed by atoms with Crippen LogP contribution < -0.4 is 5.73 Å². The molecule has 1 aromatic heterocycles. The van der Waals surface area contributed by atoms with Crippen LogP contribution in [0.15, 0.2) is 24.5 Å². The van der Waals surface area contributed by atoms with Crippen molar-refractivity contribution >= 4 is 17.9 Å². The van der Waals surface area contributed by atoms with Crippen molar-refractivity contribution in [2.75, 3.05) is 19.6 Å². The standard InChI is InChI=1S/C13H18N4O4/c1-2-16(7-10-3-5-15-6-4-10)13(21)17(8-11(14)18)9-12(19)20/h3-6H,2,7-9H2,1H3,(H2,14,18)(H,19,20). The van der Waals surface area contributed by atoms with Gasteiger partial charge in [-0.1, -0.05) is 0 Å². The lowest BCUT2D eigenvalue weighted by molar-refractivity contribution is -0.138. The van der Waals surface area contributed by atoms with Crippen molar-refractivity contribution in [2.45, 2.75) is 13.5 Å². The van der Waals surface area contributed by atoms with E-state index >= 15 is 0 Å². The maximum absolute atomic E-state index is 12.3. The van der Waals surface area contributed by atoms with E-state index < -0.39 is 31.0 Å². The maximum atomic E-state index is 12.3. The monoisotopic (exact) mass is 294 g/mol. The molecular weight excluding hydrogens is 276 g/mol. The van der Waals surface area contributed by atoms with Crippen LogP contribution in [0.4, 0.5) is 4.79 Å². The molecule has 0 aromatic carbocycles. The van der Waals surface area contributed by atoms with Gasteiger partial charge in [0, 0.05) is 25.5 Å². The van der Waals surface area contributed by atoms with Crippen molar-refractivity contribution in [3.63, 3.8) is 0 Å². The summed E-state index contributed by atoms with van der Waals surface area (Å²) < 4.78 is 0. The Bertz CT molecular complexity index is 490. The summed E-state index contributed by atoms with van der Waals surface area (Å²) in [5.41, 5.74) is 5.90. The molecule has 0 radical (unpaired) electrons. The Hall–Kier alpha value is -2.64. The SMILES string of the molecule is CCN(Cc1ccncc1)C(=O)N(CC(N)=O)CC(=O)O. The number of nitrogens with zero attached hydrogens (tertiary/aromatic N) is 3. The first kappa shape index (κ1) is 16.4. The smallest absolute Gasteiger partial charge is 0.323 e. The van der Waals surface area contributed by atoms with Gasteiger partial charge in [0.05, 0.1) is 0 Å². The summed E-state index contributed by atoms with van der Waals surface area (Å²) in [6.07, 6.45) is 3.21. The predicted molar refractivity (Wildman–Crippen MR) is 74.1 cm³/mol. The Morgan fingerprint density at radius 1 is 1.19 bits per heavy atom. The van der Waals surface area contributed by atoms with Crippen molar-refractivity contribution in [2.24, 2.45) is 5.73 Å². The fourth-order valence-electron chi connectivity index (χ4n) is 1.77. The number of aliphatic carboxylic acids is 1. The first-order valence-electron chi connectivity index (χ1n) is 6.36. The number of nitrogens with two attached hydrogens (primary N) is 1. The quantitative estimate of drug-likeness (QED) is 0.728. The molecule has 21 heavy (non-hydrogen) atoms. The van der Waals surface area contributed by atoms with Crippen LogP contribution in [0.2, 0.25) is 0 Å². The van der Waals surface area contributed by atoms with Gasteiger partial charge in [-0.2, -0.15) is 0 Å². The largest absolute Gasteiger partial charge is 0.480 e. The highest BCUT2D eigenvalue weighted by atomic mass is 16.4. The minimum absolute atomic E-state index is 0.298. The summed E-state index contributed by atoms with van der Waals surface area (Å²) in [6, 6.07) is 2.97. The maximum Gasteiger partial charge on any atom is 0.323 e. The van der Waals surface area contributed by atoms with Gasteiger partial charge in [0.2, 0.25) is 5.91 Å². The second kappa shape index (κ2) is 7.83. The zero-order valence-electron chi connectivity index (χ0n) is 11.7. The highest BCUT2D eigenvalue weighted by Gasteiger charge is 2.23. The minimum Gasteiger partial charge on any atom is -0.480 e. The molecule has 0 unspecified atom stereocenters. The molecule has 8 heteroatoms. The van der Waals surface area contributed by atoms with Gasteiger partial charge in [0.1, 0.15) is 13.1 Å². The van der Waals surface area contributed by atoms with Crippen LogP contribution in [0.1, 0.15) is 12.5 Å². The highest BCUT2D eigenvalue weighted by Crippen LogP contribution is 2.07. The summed E-state index contributed by atoms with van der Waals surface area (Å²) in [5, 5.41) is 8.82. The summed E-state index contributed by atoms with van der Waals surface area (Å²) in [6.45, 7) is 1.43. The van der Waals surface area contributed by atoms with E-state index in [2.05, 4.69) is 4.98 Å². The molecule has 8 nitrogen and oxygen atoms in total. The molecule has 0 saturated carbocycles. The van der Waals surface area contributed by atoms with Crippen molar-refractivity contribution in [3.05, 3.63) is 30.1 Å². The van der Waals surface area contributed by atoms with E-state index in [0.717, 1.165) is 10.5 Å². The molecule has 0 atom stereocenters. The zero-order chi connectivity index (χ0) is 15.8. The van der Waals surface area contributed by atoms with Crippen LogP contribution >= 0.6 is 0 Å². The second-order valence-corrected chi connectivity index (χ2v) is 4.37. The van der Waals surface area contributed by atoms with E-state index in [9.17, 15) is 14.4 Å². The first-order chi connectivity index (χ1) is 9.93. The van der Waals surface area contributed by atoms with E-state index in [4.69, 9.17) is 10.8 Å². The van der Waals surface area contributed by atoms with Gasteiger partial charge in [0.15, 0.2) is 0 Å². The van der Waals surface area contributed by atoms with E-state index in [1.807, 2.05) is 0 Å². The number of rotatable bonds is 7. The third-order valence-corrected chi connectivity index (χ3v) is 2.72.